The quantitative estimate of drug-likeness (QED) is 0.799. The second-order valence-corrected chi connectivity index (χ2v) is 3.65. The van der Waals surface area contributed by atoms with Crippen LogP contribution in [0.25, 0.3) is 0 Å². The van der Waals surface area contributed by atoms with Gasteiger partial charge in [0, 0.05) is 0 Å². The van der Waals surface area contributed by atoms with Crippen molar-refractivity contribution in [2.75, 3.05) is 19.0 Å². The lowest BCUT2D eigenvalue weighted by atomic mass is 10.1. The van der Waals surface area contributed by atoms with Crippen LogP contribution in [0.2, 0.25) is 0 Å². The minimum absolute atomic E-state index is 0.0301. The molecule has 0 bridgehead atoms. The molecule has 0 aromatic heterocycles. The smallest absolute Gasteiger partial charge is 0.412 e. The highest BCUT2D eigenvalue weighted by atomic mass is 16.5. The van der Waals surface area contributed by atoms with Crippen LogP contribution in [0.1, 0.15) is 15.9 Å². The Kier molecular flexibility index (Phi) is 4.93. The van der Waals surface area contributed by atoms with E-state index in [1.165, 1.54) is 13.2 Å². The molecule has 2 N–H and O–H groups in total. The lowest BCUT2D eigenvalue weighted by Crippen LogP contribution is -2.17. The second kappa shape index (κ2) is 6.44. The average molecular weight is 265 g/mol. The summed E-state index contributed by atoms with van der Waals surface area (Å²) < 4.78 is 9.80. The molecule has 0 spiro atoms. The highest BCUT2D eigenvalue weighted by Crippen LogP contribution is 2.31. The summed E-state index contributed by atoms with van der Waals surface area (Å²) in [4.78, 5) is 22.7. The third kappa shape index (κ3) is 3.48. The zero-order chi connectivity index (χ0) is 14.4. The Balaban J connectivity index is 3.15. The molecule has 0 atom stereocenters. The maximum atomic E-state index is 11.5. The molecule has 0 heterocycles. The first-order valence-corrected chi connectivity index (χ1v) is 5.46. The summed E-state index contributed by atoms with van der Waals surface area (Å²) in [6, 6.07) is 3.17. The molecule has 6 nitrogen and oxygen atoms in total. The zero-order valence-electron chi connectivity index (χ0n) is 10.7. The van der Waals surface area contributed by atoms with E-state index in [1.807, 2.05) is 0 Å². The van der Waals surface area contributed by atoms with Crippen LogP contribution >= 0.6 is 0 Å². The highest BCUT2D eigenvalue weighted by Gasteiger charge is 2.20. The summed E-state index contributed by atoms with van der Waals surface area (Å²) in [6.07, 6.45) is 0.636. The Morgan fingerprint density at radius 2 is 2.16 bits per heavy atom. The number of aromatic carboxylic acids is 1. The number of carbonyl (C=O) groups is 2. The summed E-state index contributed by atoms with van der Waals surface area (Å²) in [6.45, 7) is 5.07. The maximum absolute atomic E-state index is 11.5. The van der Waals surface area contributed by atoms with Gasteiger partial charge in [-0.05, 0) is 18.6 Å². The van der Waals surface area contributed by atoms with E-state index in [2.05, 4.69) is 11.9 Å². The van der Waals surface area contributed by atoms with E-state index in [1.54, 1.807) is 19.1 Å². The fraction of sp³-hybridized carbons (Fsp3) is 0.231. The third-order valence-corrected chi connectivity index (χ3v) is 2.37. The molecule has 0 aliphatic heterocycles. The van der Waals surface area contributed by atoms with E-state index in [0.29, 0.717) is 5.56 Å². The number of amides is 1. The summed E-state index contributed by atoms with van der Waals surface area (Å²) in [5, 5.41) is 11.6. The largest absolute Gasteiger partial charge is 0.495 e. The summed E-state index contributed by atoms with van der Waals surface area (Å²) in [5.74, 6) is -0.908. The number of carbonyl (C=O) groups excluding carboxylic acids is 1. The number of hydrogen-bond acceptors (Lipinski definition) is 4. The van der Waals surface area contributed by atoms with Gasteiger partial charge in [-0.1, -0.05) is 18.7 Å². The summed E-state index contributed by atoms with van der Waals surface area (Å²) in [7, 11) is 1.39. The molecule has 1 amide bonds. The molecule has 19 heavy (non-hydrogen) atoms. The first kappa shape index (κ1) is 14.6. The van der Waals surface area contributed by atoms with Crippen LogP contribution in [-0.4, -0.2) is 30.9 Å². The number of aryl methyl sites for hydroxylation is 1. The molecule has 1 rings (SSSR count). The van der Waals surface area contributed by atoms with E-state index in [0.717, 1.165) is 0 Å². The predicted octanol–water partition coefficient (Wildman–Crippen LogP) is 2.44. The van der Waals surface area contributed by atoms with Gasteiger partial charge in [0.25, 0.3) is 0 Å². The predicted molar refractivity (Wildman–Crippen MR) is 69.9 cm³/mol. The van der Waals surface area contributed by atoms with Gasteiger partial charge >= 0.3 is 12.1 Å². The van der Waals surface area contributed by atoms with Crippen LogP contribution in [-0.2, 0) is 4.74 Å². The lowest BCUT2D eigenvalue weighted by molar-refractivity contribution is 0.0697. The van der Waals surface area contributed by atoms with Gasteiger partial charge in [-0.25, -0.2) is 9.59 Å². The Morgan fingerprint density at radius 3 is 2.68 bits per heavy atom. The maximum Gasteiger partial charge on any atom is 0.412 e. The van der Waals surface area contributed by atoms with Crippen molar-refractivity contribution in [1.82, 2.24) is 0 Å². The van der Waals surface area contributed by atoms with Crippen molar-refractivity contribution in [3.63, 3.8) is 0 Å². The Bertz CT molecular complexity index is 510. The molecular formula is C13H15NO5. The van der Waals surface area contributed by atoms with E-state index in [9.17, 15) is 14.7 Å². The Hall–Kier alpha value is -2.50. The van der Waals surface area contributed by atoms with Crippen molar-refractivity contribution in [2.45, 2.75) is 6.92 Å². The molecule has 102 valence electrons. The molecule has 0 radical (unpaired) electrons. The minimum Gasteiger partial charge on any atom is -0.495 e. The normalized spacial score (nSPS) is 9.58. The van der Waals surface area contributed by atoms with Crippen LogP contribution < -0.4 is 10.1 Å². The molecule has 6 heteroatoms. The van der Waals surface area contributed by atoms with Crippen LogP contribution in [0.15, 0.2) is 24.8 Å². The number of nitrogens with one attached hydrogen (secondary N) is 1. The second-order valence-electron chi connectivity index (χ2n) is 3.65. The summed E-state index contributed by atoms with van der Waals surface area (Å²) >= 11 is 0. The molecule has 0 aliphatic carbocycles. The number of ether oxygens (including phenoxy) is 2. The molecule has 0 saturated heterocycles. The van der Waals surface area contributed by atoms with E-state index in [4.69, 9.17) is 9.47 Å². The molecule has 1 aromatic rings. The van der Waals surface area contributed by atoms with Crippen LogP contribution in [0.5, 0.6) is 5.75 Å². The Morgan fingerprint density at radius 1 is 1.47 bits per heavy atom. The van der Waals surface area contributed by atoms with Crippen LogP contribution in [0.3, 0.4) is 0 Å². The minimum atomic E-state index is -1.16. The van der Waals surface area contributed by atoms with Crippen molar-refractivity contribution >= 4 is 17.7 Å². The van der Waals surface area contributed by atoms with Crippen molar-refractivity contribution < 1.29 is 24.2 Å². The van der Waals surface area contributed by atoms with Gasteiger partial charge in [-0.3, -0.25) is 5.32 Å². The van der Waals surface area contributed by atoms with Crippen molar-refractivity contribution in [1.29, 1.82) is 0 Å². The first-order valence-electron chi connectivity index (χ1n) is 5.46. The van der Waals surface area contributed by atoms with Gasteiger partial charge in [-0.15, -0.1) is 0 Å². The summed E-state index contributed by atoms with van der Waals surface area (Å²) in [5.41, 5.74) is 0.547. The van der Waals surface area contributed by atoms with Gasteiger partial charge in [0.15, 0.2) is 0 Å². The van der Waals surface area contributed by atoms with E-state index >= 15 is 0 Å². The van der Waals surface area contributed by atoms with E-state index < -0.39 is 12.1 Å². The van der Waals surface area contributed by atoms with Gasteiger partial charge in [0.1, 0.15) is 18.0 Å². The first-order chi connectivity index (χ1) is 9.01. The van der Waals surface area contributed by atoms with Gasteiger partial charge < -0.3 is 14.6 Å². The average Bonchev–Trinajstić information content (AvgIpc) is 2.36. The fourth-order valence-corrected chi connectivity index (χ4v) is 1.53. The number of anilines is 1. The van der Waals surface area contributed by atoms with Gasteiger partial charge in [-0.2, -0.15) is 0 Å². The highest BCUT2D eigenvalue weighted by molar-refractivity contribution is 6.02. The third-order valence-electron chi connectivity index (χ3n) is 2.37. The van der Waals surface area contributed by atoms with Gasteiger partial charge in [0.2, 0.25) is 0 Å². The number of rotatable bonds is 5. The molecule has 0 aliphatic rings. The van der Waals surface area contributed by atoms with Crippen molar-refractivity contribution in [3.8, 4) is 5.75 Å². The van der Waals surface area contributed by atoms with E-state index in [-0.39, 0.29) is 23.6 Å². The SMILES string of the molecule is C=CCOC(=O)Nc1c(OC)ccc(C)c1C(=O)O. The van der Waals surface area contributed by atoms with Crippen LogP contribution in [0, 0.1) is 6.92 Å². The number of benzene rings is 1. The standard InChI is InChI=1S/C13H15NO5/c1-4-7-19-13(17)14-11-9(18-3)6-5-8(2)10(11)12(15)16/h4-6H,1,7H2,2-3H3,(H,14,17)(H,15,16). The number of carboxylic acid groups (broad SMARTS) is 1. The zero-order valence-corrected chi connectivity index (χ0v) is 10.7. The monoisotopic (exact) mass is 265 g/mol. The number of hydrogen-bond donors (Lipinski definition) is 2. The molecule has 0 saturated carbocycles. The van der Waals surface area contributed by atoms with Crippen molar-refractivity contribution in [2.24, 2.45) is 0 Å². The van der Waals surface area contributed by atoms with Crippen molar-refractivity contribution in [3.05, 3.63) is 35.9 Å². The van der Waals surface area contributed by atoms with Gasteiger partial charge in [0.05, 0.1) is 12.7 Å². The molecular weight excluding hydrogens is 250 g/mol. The topological polar surface area (TPSA) is 84.9 Å². The molecule has 1 aromatic carbocycles. The number of carboxylic acids is 1. The van der Waals surface area contributed by atoms with Crippen LogP contribution in [0.4, 0.5) is 10.5 Å². The fourth-order valence-electron chi connectivity index (χ4n) is 1.53. The molecule has 0 fully saturated rings. The number of methoxy groups -OCH3 is 1. The lowest BCUT2D eigenvalue weighted by Gasteiger charge is -2.14. The molecule has 0 unspecified atom stereocenters. The Labute approximate surface area is 110 Å².